The fourth-order valence-corrected chi connectivity index (χ4v) is 2.28. The Labute approximate surface area is 98.3 Å². The molecule has 0 fully saturated rings. The molecule has 0 aliphatic heterocycles. The smallest absolute Gasteiger partial charge is 0.271 e. The Morgan fingerprint density at radius 3 is 3.20 bits per heavy atom. The van der Waals surface area contributed by atoms with Crippen LogP contribution in [0.3, 0.4) is 0 Å². The molecule has 0 spiro atoms. The molecule has 1 unspecified atom stereocenters. The van der Waals surface area contributed by atoms with Gasteiger partial charge in [0.15, 0.2) is 0 Å². The fourth-order valence-electron chi connectivity index (χ4n) is 1.28. The number of thiophene rings is 1. The minimum atomic E-state index is -0.568. The second kappa shape index (κ2) is 4.42. The number of aliphatic hydroxyl groups excluding tert-OH is 1. The molecule has 0 aliphatic carbocycles. The molecule has 1 N–H and O–H groups in total. The van der Waals surface area contributed by atoms with E-state index in [0.29, 0.717) is 10.0 Å². The van der Waals surface area contributed by atoms with Gasteiger partial charge in [-0.15, -0.1) is 11.3 Å². The first kappa shape index (κ1) is 10.8. The monoisotopic (exact) mass is 288 g/mol. The van der Waals surface area contributed by atoms with E-state index in [1.807, 2.05) is 11.4 Å². The summed E-state index contributed by atoms with van der Waals surface area (Å²) in [6.45, 7) is 0.269. The van der Waals surface area contributed by atoms with Gasteiger partial charge in [0.1, 0.15) is 4.70 Å². The first-order valence-corrected chi connectivity index (χ1v) is 6.39. The van der Waals surface area contributed by atoms with Crippen molar-refractivity contribution in [3.8, 4) is 0 Å². The highest BCUT2D eigenvalue weighted by atomic mass is 79.9. The van der Waals surface area contributed by atoms with Gasteiger partial charge in [0, 0.05) is 5.33 Å². The highest BCUT2D eigenvalue weighted by Gasteiger charge is 2.08. The number of aliphatic hydroxyl groups is 1. The lowest BCUT2D eigenvalue weighted by Gasteiger charge is -2.08. The van der Waals surface area contributed by atoms with Gasteiger partial charge < -0.3 is 5.11 Å². The van der Waals surface area contributed by atoms with Gasteiger partial charge in [-0.2, -0.15) is 0 Å². The number of fused-ring (bicyclic) bond motifs is 1. The lowest BCUT2D eigenvalue weighted by Crippen LogP contribution is -2.27. The molecule has 2 aromatic heterocycles. The number of nitrogens with zero attached hydrogens (tertiary/aromatic N) is 2. The zero-order valence-electron chi connectivity index (χ0n) is 7.76. The summed E-state index contributed by atoms with van der Waals surface area (Å²) in [4.78, 5) is 16.0. The Morgan fingerprint density at radius 2 is 2.47 bits per heavy atom. The van der Waals surface area contributed by atoms with Crippen LogP contribution < -0.4 is 5.56 Å². The summed E-state index contributed by atoms with van der Waals surface area (Å²) < 4.78 is 2.07. The van der Waals surface area contributed by atoms with Crippen LogP contribution in [0.2, 0.25) is 0 Å². The van der Waals surface area contributed by atoms with Crippen molar-refractivity contribution >= 4 is 37.5 Å². The van der Waals surface area contributed by atoms with Gasteiger partial charge in [-0.3, -0.25) is 9.36 Å². The highest BCUT2D eigenvalue weighted by Crippen LogP contribution is 2.13. The highest BCUT2D eigenvalue weighted by molar-refractivity contribution is 9.09. The van der Waals surface area contributed by atoms with Crippen LogP contribution in [0, 0.1) is 0 Å². The van der Waals surface area contributed by atoms with Gasteiger partial charge in [0.25, 0.3) is 5.56 Å². The van der Waals surface area contributed by atoms with E-state index in [9.17, 15) is 9.90 Å². The maximum Gasteiger partial charge on any atom is 0.271 e. The minimum absolute atomic E-state index is 0.0880. The van der Waals surface area contributed by atoms with Crippen LogP contribution in [0.25, 0.3) is 10.2 Å². The number of rotatable bonds is 3. The Balaban J connectivity index is 2.44. The quantitative estimate of drug-likeness (QED) is 0.864. The maximum absolute atomic E-state index is 11.8. The first-order valence-electron chi connectivity index (χ1n) is 4.39. The molecule has 6 heteroatoms. The Hall–Kier alpha value is -0.720. The number of hydrogen-bond acceptors (Lipinski definition) is 4. The van der Waals surface area contributed by atoms with Crippen molar-refractivity contribution in [3.63, 3.8) is 0 Å². The Bertz CT molecular complexity index is 522. The van der Waals surface area contributed by atoms with Crippen LogP contribution >= 0.6 is 27.3 Å². The van der Waals surface area contributed by atoms with Crippen molar-refractivity contribution in [2.75, 3.05) is 5.33 Å². The normalized spacial score (nSPS) is 13.2. The van der Waals surface area contributed by atoms with Gasteiger partial charge in [0.2, 0.25) is 0 Å². The van der Waals surface area contributed by atoms with E-state index in [0.717, 1.165) is 5.52 Å². The molecule has 2 heterocycles. The summed E-state index contributed by atoms with van der Waals surface area (Å²) in [6, 6.07) is 1.81. The molecular weight excluding hydrogens is 280 g/mol. The van der Waals surface area contributed by atoms with Crippen molar-refractivity contribution in [3.05, 3.63) is 28.1 Å². The predicted octanol–water partition coefficient (Wildman–Crippen LogP) is 1.21. The lowest BCUT2D eigenvalue weighted by molar-refractivity contribution is 0.177. The van der Waals surface area contributed by atoms with Crippen LogP contribution in [0.1, 0.15) is 0 Å². The second-order valence-electron chi connectivity index (χ2n) is 3.15. The molecule has 0 bridgehead atoms. The van der Waals surface area contributed by atoms with Gasteiger partial charge in [-0.1, -0.05) is 15.9 Å². The van der Waals surface area contributed by atoms with Crippen molar-refractivity contribution in [1.29, 1.82) is 0 Å². The summed E-state index contributed by atoms with van der Waals surface area (Å²) in [7, 11) is 0. The van der Waals surface area contributed by atoms with E-state index >= 15 is 0 Å². The van der Waals surface area contributed by atoms with Crippen molar-refractivity contribution in [2.45, 2.75) is 12.6 Å². The molecule has 15 heavy (non-hydrogen) atoms. The molecule has 0 saturated carbocycles. The van der Waals surface area contributed by atoms with Crippen LogP contribution in [0.5, 0.6) is 0 Å². The molecule has 0 radical (unpaired) electrons. The zero-order valence-corrected chi connectivity index (χ0v) is 10.2. The lowest BCUT2D eigenvalue weighted by atomic mass is 10.4. The Morgan fingerprint density at radius 1 is 1.67 bits per heavy atom. The second-order valence-corrected chi connectivity index (χ2v) is 4.71. The minimum Gasteiger partial charge on any atom is -0.390 e. The third-order valence-corrected chi connectivity index (χ3v) is 3.66. The number of hydrogen-bond donors (Lipinski definition) is 1. The van der Waals surface area contributed by atoms with Crippen molar-refractivity contribution in [2.24, 2.45) is 0 Å². The zero-order chi connectivity index (χ0) is 10.8. The predicted molar refractivity (Wildman–Crippen MR) is 63.7 cm³/mol. The largest absolute Gasteiger partial charge is 0.390 e. The van der Waals surface area contributed by atoms with Gasteiger partial charge in [-0.05, 0) is 11.4 Å². The van der Waals surface area contributed by atoms with Crippen molar-refractivity contribution in [1.82, 2.24) is 9.55 Å². The van der Waals surface area contributed by atoms with E-state index in [-0.39, 0.29) is 12.1 Å². The molecular formula is C9H9BrN2O2S. The van der Waals surface area contributed by atoms with E-state index in [2.05, 4.69) is 20.9 Å². The molecule has 0 saturated heterocycles. The molecule has 1 atom stereocenters. The van der Waals surface area contributed by atoms with Crippen molar-refractivity contribution < 1.29 is 5.11 Å². The summed E-state index contributed by atoms with van der Waals surface area (Å²) in [5, 5.41) is 11.7. The standard InChI is InChI=1S/C9H9BrN2O2S/c10-3-6(13)4-12-5-11-7-1-2-15-8(7)9(12)14/h1-2,5-6,13H,3-4H2. The van der Waals surface area contributed by atoms with Crippen LogP contribution in [-0.2, 0) is 6.54 Å². The van der Waals surface area contributed by atoms with E-state index in [4.69, 9.17) is 0 Å². The average Bonchev–Trinajstić information content (AvgIpc) is 2.70. The van der Waals surface area contributed by atoms with Crippen LogP contribution in [-0.4, -0.2) is 26.1 Å². The molecule has 2 aromatic rings. The number of alkyl halides is 1. The summed E-state index contributed by atoms with van der Waals surface area (Å²) in [6.07, 6.45) is 0.908. The molecule has 0 aromatic carbocycles. The van der Waals surface area contributed by atoms with E-state index in [1.54, 1.807) is 0 Å². The third-order valence-electron chi connectivity index (χ3n) is 2.02. The maximum atomic E-state index is 11.8. The fraction of sp³-hybridized carbons (Fsp3) is 0.333. The number of halogens is 1. The molecule has 80 valence electrons. The molecule has 0 aliphatic rings. The van der Waals surface area contributed by atoms with Crippen LogP contribution in [0.15, 0.2) is 22.6 Å². The molecule has 2 rings (SSSR count). The average molecular weight is 289 g/mol. The Kier molecular flexibility index (Phi) is 3.18. The molecule has 4 nitrogen and oxygen atoms in total. The van der Waals surface area contributed by atoms with Crippen LogP contribution in [0.4, 0.5) is 0 Å². The third kappa shape index (κ3) is 2.11. The molecule has 0 amide bonds. The van der Waals surface area contributed by atoms with E-state index < -0.39 is 6.10 Å². The SMILES string of the molecule is O=c1c2sccc2ncn1CC(O)CBr. The summed E-state index contributed by atoms with van der Waals surface area (Å²) >= 11 is 4.53. The number of aromatic nitrogens is 2. The summed E-state index contributed by atoms with van der Waals surface area (Å²) in [5.41, 5.74) is 0.629. The van der Waals surface area contributed by atoms with Gasteiger partial charge >= 0.3 is 0 Å². The first-order chi connectivity index (χ1) is 7.22. The topological polar surface area (TPSA) is 55.1 Å². The van der Waals surface area contributed by atoms with E-state index in [1.165, 1.54) is 22.2 Å². The van der Waals surface area contributed by atoms with Gasteiger partial charge in [0.05, 0.1) is 24.5 Å². The summed E-state index contributed by atoms with van der Waals surface area (Å²) in [5.74, 6) is 0. The van der Waals surface area contributed by atoms with Gasteiger partial charge in [-0.25, -0.2) is 4.98 Å².